The minimum absolute atomic E-state index is 0.0158. The van der Waals surface area contributed by atoms with Crippen LogP contribution in [0.1, 0.15) is 34.8 Å². The molecule has 2 amide bonds. The van der Waals surface area contributed by atoms with E-state index in [1.54, 1.807) is 22.5 Å². The number of carbonyl (C=O) groups excluding carboxylic acids is 2. The first-order valence-electron chi connectivity index (χ1n) is 11.9. The normalized spacial score (nSPS) is 14.5. The number of likely N-dealkylation sites (tertiary alicyclic amines) is 1. The number of nitrogens with zero attached hydrogens (tertiary/aromatic N) is 4. The van der Waals surface area contributed by atoms with Crippen molar-refractivity contribution in [3.05, 3.63) is 53.0 Å². The molecule has 3 aromatic heterocycles. The third-order valence-electron chi connectivity index (χ3n) is 6.46. The average Bonchev–Trinajstić information content (AvgIpc) is 3.61. The van der Waals surface area contributed by atoms with Crippen LogP contribution in [0.15, 0.2) is 40.3 Å². The van der Waals surface area contributed by atoms with Crippen LogP contribution < -0.4 is 15.8 Å². The quantitative estimate of drug-likeness (QED) is 0.356. The summed E-state index contributed by atoms with van der Waals surface area (Å²) in [6.45, 7) is 0.540. The second kappa shape index (κ2) is 10.6. The maximum absolute atomic E-state index is 13.4. The van der Waals surface area contributed by atoms with E-state index in [4.69, 9.17) is 14.9 Å². The van der Waals surface area contributed by atoms with E-state index in [0.717, 1.165) is 6.07 Å². The number of nitrogens with two attached hydrogens (primary N) is 1. The Balaban J connectivity index is 1.39. The number of nitrogens with one attached hydrogen (secondary N) is 1. The second-order valence-corrected chi connectivity index (χ2v) is 9.69. The Labute approximate surface area is 224 Å². The number of piperidine rings is 1. The Morgan fingerprint density at radius 3 is 2.62 bits per heavy atom. The van der Waals surface area contributed by atoms with Crippen molar-refractivity contribution < 1.29 is 31.9 Å². The number of aromatic nitrogens is 3. The first-order chi connectivity index (χ1) is 18.7. The van der Waals surface area contributed by atoms with E-state index >= 15 is 0 Å². The summed E-state index contributed by atoms with van der Waals surface area (Å²) < 4.78 is 50.9. The molecule has 1 aromatic carbocycles. The monoisotopic (exact) mass is 560 g/mol. The van der Waals surface area contributed by atoms with Crippen LogP contribution in [0, 0.1) is 5.92 Å². The number of benzene rings is 1. The number of ether oxygens (including phenoxy) is 1. The van der Waals surface area contributed by atoms with Crippen LogP contribution in [0.3, 0.4) is 0 Å². The summed E-state index contributed by atoms with van der Waals surface area (Å²) in [4.78, 5) is 39.7. The molecule has 0 aliphatic carbocycles. The van der Waals surface area contributed by atoms with E-state index < -0.39 is 17.8 Å². The number of halogens is 3. The summed E-state index contributed by atoms with van der Waals surface area (Å²) in [5.74, 6) is -0.507. The van der Waals surface area contributed by atoms with E-state index in [1.807, 2.05) is 0 Å². The van der Waals surface area contributed by atoms with E-state index in [2.05, 4.69) is 20.3 Å². The number of alkyl halides is 3. The zero-order valence-electron chi connectivity index (χ0n) is 20.6. The molecule has 0 unspecified atom stereocenters. The molecule has 3 N–H and O–H groups in total. The Morgan fingerprint density at radius 1 is 1.21 bits per heavy atom. The molecule has 0 radical (unpaired) electrons. The molecule has 1 saturated heterocycles. The standard InChI is InChI=1S/C25H23F3N6O4S/c1-37-16-4-2-15(14-3-5-18(25(26,27)28)31-19(14)16)22-32-20(17(12-29)38-22)23(36)34-9-6-13(7-10-34)21(35)33-24-30-8-11-39-24/h2-5,8,11,13H,6-7,9-10,12,29H2,1H3,(H,30,33,35). The number of hydrogen-bond donors (Lipinski definition) is 2. The topological polar surface area (TPSA) is 136 Å². The Bertz CT molecular complexity index is 1510. The fraction of sp³-hybridized carbons (Fsp3) is 0.320. The number of carbonyl (C=O) groups is 2. The van der Waals surface area contributed by atoms with Gasteiger partial charge in [-0.15, -0.1) is 11.3 Å². The predicted octanol–water partition coefficient (Wildman–Crippen LogP) is 4.32. The lowest BCUT2D eigenvalue weighted by atomic mass is 9.95. The lowest BCUT2D eigenvalue weighted by molar-refractivity contribution is -0.141. The van der Waals surface area contributed by atoms with Crippen LogP contribution in [0.4, 0.5) is 18.3 Å². The van der Waals surface area contributed by atoms with Gasteiger partial charge in [0.1, 0.15) is 17.0 Å². The zero-order valence-corrected chi connectivity index (χ0v) is 21.4. The van der Waals surface area contributed by atoms with Crippen molar-refractivity contribution in [3.8, 4) is 17.2 Å². The van der Waals surface area contributed by atoms with Crippen LogP contribution in [0.25, 0.3) is 22.4 Å². The first-order valence-corrected chi connectivity index (χ1v) is 12.8. The Morgan fingerprint density at radius 2 is 1.97 bits per heavy atom. The summed E-state index contributed by atoms with van der Waals surface area (Å²) in [7, 11) is 1.33. The van der Waals surface area contributed by atoms with Crippen molar-refractivity contribution in [1.82, 2.24) is 19.9 Å². The van der Waals surface area contributed by atoms with Crippen molar-refractivity contribution in [2.24, 2.45) is 11.7 Å². The molecule has 0 atom stereocenters. The van der Waals surface area contributed by atoms with Crippen molar-refractivity contribution in [2.75, 3.05) is 25.5 Å². The summed E-state index contributed by atoms with van der Waals surface area (Å²) >= 11 is 1.33. The molecule has 204 valence electrons. The molecule has 1 fully saturated rings. The number of methoxy groups -OCH3 is 1. The SMILES string of the molecule is COc1ccc(-c2nc(C(=O)N3CCC(C(=O)Nc4nccs4)CC3)c(CN)o2)c2ccc(C(F)(F)F)nc12. The number of pyridine rings is 1. The van der Waals surface area contributed by atoms with Gasteiger partial charge in [-0.05, 0) is 37.1 Å². The van der Waals surface area contributed by atoms with Gasteiger partial charge in [0.25, 0.3) is 5.91 Å². The molecule has 4 heterocycles. The number of fused-ring (bicyclic) bond motifs is 1. The Hall–Kier alpha value is -4.04. The fourth-order valence-corrected chi connectivity index (χ4v) is 4.99. The molecular formula is C25H23F3N6O4S. The summed E-state index contributed by atoms with van der Waals surface area (Å²) in [5.41, 5.74) is 5.10. The maximum Gasteiger partial charge on any atom is 0.433 e. The summed E-state index contributed by atoms with van der Waals surface area (Å²) in [5, 5.41) is 5.38. The van der Waals surface area contributed by atoms with Gasteiger partial charge >= 0.3 is 6.18 Å². The number of hydrogen-bond acceptors (Lipinski definition) is 9. The van der Waals surface area contributed by atoms with Gasteiger partial charge in [-0.3, -0.25) is 9.59 Å². The van der Waals surface area contributed by atoms with Crippen molar-refractivity contribution in [2.45, 2.75) is 25.6 Å². The molecule has 4 aromatic rings. The Kier molecular flexibility index (Phi) is 7.23. The van der Waals surface area contributed by atoms with Gasteiger partial charge < -0.3 is 25.1 Å². The van der Waals surface area contributed by atoms with Crippen molar-refractivity contribution in [3.63, 3.8) is 0 Å². The number of oxazole rings is 1. The van der Waals surface area contributed by atoms with Gasteiger partial charge in [0.05, 0.1) is 13.7 Å². The molecule has 5 rings (SSSR count). The lowest BCUT2D eigenvalue weighted by Gasteiger charge is -2.30. The summed E-state index contributed by atoms with van der Waals surface area (Å²) in [6, 6.07) is 5.15. The minimum Gasteiger partial charge on any atom is -0.494 e. The van der Waals surface area contributed by atoms with Gasteiger partial charge in [0.15, 0.2) is 16.6 Å². The number of rotatable bonds is 6. The molecule has 14 heteroatoms. The summed E-state index contributed by atoms with van der Waals surface area (Å²) in [6.07, 6.45) is -2.11. The second-order valence-electron chi connectivity index (χ2n) is 8.79. The third kappa shape index (κ3) is 5.29. The van der Waals surface area contributed by atoms with Crippen LogP contribution in [-0.4, -0.2) is 51.9 Å². The molecule has 1 aliphatic rings. The maximum atomic E-state index is 13.4. The molecule has 0 bridgehead atoms. The minimum atomic E-state index is -4.64. The number of anilines is 1. The van der Waals surface area contributed by atoms with Gasteiger partial charge in [-0.1, -0.05) is 0 Å². The van der Waals surface area contributed by atoms with E-state index in [9.17, 15) is 22.8 Å². The molecule has 1 aliphatic heterocycles. The lowest BCUT2D eigenvalue weighted by Crippen LogP contribution is -2.41. The van der Waals surface area contributed by atoms with Crippen LogP contribution >= 0.6 is 11.3 Å². The third-order valence-corrected chi connectivity index (χ3v) is 7.15. The van der Waals surface area contributed by atoms with E-state index in [0.29, 0.717) is 42.0 Å². The van der Waals surface area contributed by atoms with Gasteiger partial charge in [0, 0.05) is 41.5 Å². The zero-order chi connectivity index (χ0) is 27.7. The highest BCUT2D eigenvalue weighted by Gasteiger charge is 2.34. The molecular weight excluding hydrogens is 537 g/mol. The highest BCUT2D eigenvalue weighted by Crippen LogP contribution is 2.37. The smallest absolute Gasteiger partial charge is 0.433 e. The van der Waals surface area contributed by atoms with E-state index in [1.165, 1.54) is 30.6 Å². The molecule has 0 saturated carbocycles. The first kappa shape index (κ1) is 26.6. The number of thiazole rings is 1. The molecule has 0 spiro atoms. The number of amides is 2. The van der Waals surface area contributed by atoms with Gasteiger partial charge in [-0.25, -0.2) is 15.0 Å². The van der Waals surface area contributed by atoms with E-state index in [-0.39, 0.29) is 47.0 Å². The highest BCUT2D eigenvalue weighted by molar-refractivity contribution is 7.13. The fourth-order valence-electron chi connectivity index (χ4n) is 4.46. The van der Waals surface area contributed by atoms with Crippen LogP contribution in [0.2, 0.25) is 0 Å². The van der Waals surface area contributed by atoms with Crippen molar-refractivity contribution >= 4 is 39.2 Å². The van der Waals surface area contributed by atoms with Gasteiger partial charge in [0.2, 0.25) is 11.8 Å². The van der Waals surface area contributed by atoms with Crippen LogP contribution in [0.5, 0.6) is 5.75 Å². The van der Waals surface area contributed by atoms with Gasteiger partial charge in [-0.2, -0.15) is 13.2 Å². The molecule has 10 nitrogen and oxygen atoms in total. The predicted molar refractivity (Wildman–Crippen MR) is 136 cm³/mol. The van der Waals surface area contributed by atoms with Crippen molar-refractivity contribution in [1.29, 1.82) is 0 Å². The molecule has 39 heavy (non-hydrogen) atoms. The largest absolute Gasteiger partial charge is 0.494 e. The average molecular weight is 561 g/mol. The van der Waals surface area contributed by atoms with Crippen LogP contribution in [-0.2, 0) is 17.5 Å². The highest BCUT2D eigenvalue weighted by atomic mass is 32.1.